The molecule has 0 N–H and O–H groups in total. The molecule has 0 nitrogen and oxygen atoms in total. The fraction of sp³-hybridized carbons (Fsp3) is 0. The van der Waals surface area contributed by atoms with Gasteiger partial charge in [0.25, 0.3) is 0 Å². The number of rotatable bonds is 2. The average molecular weight is 233 g/mol. The summed E-state index contributed by atoms with van der Waals surface area (Å²) in [6.45, 7) is 3.67. The van der Waals surface area contributed by atoms with E-state index in [1.54, 1.807) is 18.2 Å². The molecule has 0 aliphatic heterocycles. The maximum absolute atomic E-state index is 12.8. The van der Waals surface area contributed by atoms with Gasteiger partial charge in [-0.25, -0.2) is 4.39 Å². The number of halogens is 2. The smallest absolute Gasteiger partial charge is 0.123 e. The Morgan fingerprint density at radius 1 is 1.00 bits per heavy atom. The second-order valence-electron chi connectivity index (χ2n) is 3.45. The summed E-state index contributed by atoms with van der Waals surface area (Å²) in [4.78, 5) is 0. The van der Waals surface area contributed by atoms with Gasteiger partial charge in [-0.05, 0) is 34.9 Å². The van der Waals surface area contributed by atoms with E-state index in [0.29, 0.717) is 5.02 Å². The Hall–Kier alpha value is -1.60. The lowest BCUT2D eigenvalue weighted by molar-refractivity contribution is 0.628. The van der Waals surface area contributed by atoms with Crippen molar-refractivity contribution >= 4 is 17.7 Å². The summed E-state index contributed by atoms with van der Waals surface area (Å²) in [5.74, 6) is -0.238. The minimum absolute atomic E-state index is 0.238. The molecule has 0 aliphatic rings. The first-order valence-electron chi connectivity index (χ1n) is 4.88. The van der Waals surface area contributed by atoms with Crippen LogP contribution < -0.4 is 0 Å². The molecule has 0 saturated heterocycles. The predicted molar refractivity (Wildman–Crippen MR) is 66.9 cm³/mol. The Morgan fingerprint density at radius 2 is 1.62 bits per heavy atom. The van der Waals surface area contributed by atoms with Crippen LogP contribution in [-0.2, 0) is 0 Å². The first-order chi connectivity index (χ1) is 7.70. The van der Waals surface area contributed by atoms with Crippen molar-refractivity contribution in [3.8, 4) is 11.1 Å². The fourth-order valence-corrected chi connectivity index (χ4v) is 1.77. The molecule has 2 aromatic rings. The van der Waals surface area contributed by atoms with Gasteiger partial charge >= 0.3 is 0 Å². The number of hydrogen-bond donors (Lipinski definition) is 0. The van der Waals surface area contributed by atoms with Crippen LogP contribution >= 0.6 is 11.6 Å². The number of hydrogen-bond acceptors (Lipinski definition) is 0. The standard InChI is InChI=1S/C14H10ClF/c1-2-10-3-4-12(9-14(10)15)11-5-7-13(16)8-6-11/h2-9H,1H2. The monoisotopic (exact) mass is 232 g/mol. The molecule has 0 heterocycles. The van der Waals surface area contributed by atoms with Crippen LogP contribution in [-0.4, -0.2) is 0 Å². The molecule has 0 aromatic heterocycles. The van der Waals surface area contributed by atoms with Crippen LogP contribution in [0.25, 0.3) is 17.2 Å². The molecule has 0 bridgehead atoms. The maximum atomic E-state index is 12.8. The predicted octanol–water partition coefficient (Wildman–Crippen LogP) is 4.79. The summed E-state index contributed by atoms with van der Waals surface area (Å²) in [6.07, 6.45) is 1.71. The molecule has 0 amide bonds. The van der Waals surface area contributed by atoms with Crippen LogP contribution in [0.5, 0.6) is 0 Å². The minimum Gasteiger partial charge on any atom is -0.207 e. The molecule has 2 aromatic carbocycles. The lowest BCUT2D eigenvalue weighted by Crippen LogP contribution is -1.81. The van der Waals surface area contributed by atoms with Gasteiger partial charge < -0.3 is 0 Å². The first-order valence-corrected chi connectivity index (χ1v) is 5.26. The largest absolute Gasteiger partial charge is 0.207 e. The van der Waals surface area contributed by atoms with E-state index in [9.17, 15) is 4.39 Å². The van der Waals surface area contributed by atoms with Gasteiger partial charge in [0, 0.05) is 5.02 Å². The zero-order valence-electron chi connectivity index (χ0n) is 8.58. The minimum atomic E-state index is -0.238. The van der Waals surface area contributed by atoms with Crippen molar-refractivity contribution in [2.24, 2.45) is 0 Å². The second kappa shape index (κ2) is 4.50. The van der Waals surface area contributed by atoms with Crippen LogP contribution in [0, 0.1) is 5.82 Å². The molecule has 0 saturated carbocycles. The Bertz CT molecular complexity index is 515. The van der Waals surface area contributed by atoms with Gasteiger partial charge in [-0.15, -0.1) is 0 Å². The summed E-state index contributed by atoms with van der Waals surface area (Å²) in [6, 6.07) is 12.0. The van der Waals surface area contributed by atoms with Crippen molar-refractivity contribution in [2.75, 3.05) is 0 Å². The van der Waals surface area contributed by atoms with Gasteiger partial charge in [0.2, 0.25) is 0 Å². The van der Waals surface area contributed by atoms with E-state index in [4.69, 9.17) is 11.6 Å². The quantitative estimate of drug-likeness (QED) is 0.699. The summed E-state index contributed by atoms with van der Waals surface area (Å²) >= 11 is 6.07. The van der Waals surface area contributed by atoms with Crippen LogP contribution in [0.3, 0.4) is 0 Å². The zero-order chi connectivity index (χ0) is 11.5. The third-order valence-corrected chi connectivity index (χ3v) is 2.73. The van der Waals surface area contributed by atoms with Crippen molar-refractivity contribution < 1.29 is 4.39 Å². The fourth-order valence-electron chi connectivity index (χ4n) is 1.51. The lowest BCUT2D eigenvalue weighted by Gasteiger charge is -2.04. The molecule has 0 aliphatic carbocycles. The van der Waals surface area contributed by atoms with Crippen molar-refractivity contribution in [3.05, 3.63) is 65.4 Å². The van der Waals surface area contributed by atoms with Crippen molar-refractivity contribution in [3.63, 3.8) is 0 Å². The van der Waals surface area contributed by atoms with E-state index in [0.717, 1.165) is 16.7 Å². The van der Waals surface area contributed by atoms with E-state index < -0.39 is 0 Å². The molecule has 0 spiro atoms. The van der Waals surface area contributed by atoms with E-state index in [1.807, 2.05) is 18.2 Å². The Kier molecular flexibility index (Phi) is 3.07. The van der Waals surface area contributed by atoms with Crippen molar-refractivity contribution in [2.45, 2.75) is 0 Å². The van der Waals surface area contributed by atoms with Crippen LogP contribution in [0.15, 0.2) is 49.0 Å². The second-order valence-corrected chi connectivity index (χ2v) is 3.85. The van der Waals surface area contributed by atoms with E-state index in [1.165, 1.54) is 12.1 Å². The topological polar surface area (TPSA) is 0 Å². The van der Waals surface area contributed by atoms with Gasteiger partial charge in [0.1, 0.15) is 5.82 Å². The molecule has 16 heavy (non-hydrogen) atoms. The SMILES string of the molecule is C=Cc1ccc(-c2ccc(F)cc2)cc1Cl. The molecular formula is C14H10ClF. The van der Waals surface area contributed by atoms with E-state index >= 15 is 0 Å². The third kappa shape index (κ3) is 2.15. The van der Waals surface area contributed by atoms with Crippen LogP contribution in [0.1, 0.15) is 5.56 Å². The van der Waals surface area contributed by atoms with Crippen LogP contribution in [0.2, 0.25) is 5.02 Å². The van der Waals surface area contributed by atoms with Gasteiger partial charge in [0.05, 0.1) is 0 Å². The first kappa shape index (κ1) is 10.9. The van der Waals surface area contributed by atoms with Gasteiger partial charge in [-0.1, -0.05) is 48.5 Å². The molecule has 0 radical (unpaired) electrons. The van der Waals surface area contributed by atoms with E-state index in [2.05, 4.69) is 6.58 Å². The van der Waals surface area contributed by atoms with Crippen molar-refractivity contribution in [1.29, 1.82) is 0 Å². The highest BCUT2D eigenvalue weighted by Crippen LogP contribution is 2.26. The lowest BCUT2D eigenvalue weighted by atomic mass is 10.0. The van der Waals surface area contributed by atoms with Crippen molar-refractivity contribution in [1.82, 2.24) is 0 Å². The third-order valence-electron chi connectivity index (χ3n) is 2.40. The molecule has 0 atom stereocenters. The summed E-state index contributed by atoms with van der Waals surface area (Å²) in [7, 11) is 0. The maximum Gasteiger partial charge on any atom is 0.123 e. The van der Waals surface area contributed by atoms with Gasteiger partial charge in [-0.3, -0.25) is 0 Å². The van der Waals surface area contributed by atoms with Gasteiger partial charge in [0.15, 0.2) is 0 Å². The Morgan fingerprint density at radius 3 is 2.19 bits per heavy atom. The molecule has 0 fully saturated rings. The summed E-state index contributed by atoms with van der Waals surface area (Å²) in [5, 5.41) is 0.650. The summed E-state index contributed by atoms with van der Waals surface area (Å²) < 4.78 is 12.8. The van der Waals surface area contributed by atoms with Crippen LogP contribution in [0.4, 0.5) is 4.39 Å². The highest BCUT2D eigenvalue weighted by Gasteiger charge is 2.01. The molecule has 2 heteroatoms. The highest BCUT2D eigenvalue weighted by atomic mass is 35.5. The molecule has 80 valence electrons. The average Bonchev–Trinajstić information content (AvgIpc) is 2.30. The van der Waals surface area contributed by atoms with Gasteiger partial charge in [-0.2, -0.15) is 0 Å². The molecular weight excluding hydrogens is 223 g/mol. The zero-order valence-corrected chi connectivity index (χ0v) is 9.34. The Balaban J connectivity index is 2.45. The molecule has 2 rings (SSSR count). The number of benzene rings is 2. The van der Waals surface area contributed by atoms with E-state index in [-0.39, 0.29) is 5.82 Å². The summed E-state index contributed by atoms with van der Waals surface area (Å²) in [5.41, 5.74) is 2.81. The molecule has 0 unspecified atom stereocenters. The highest BCUT2D eigenvalue weighted by molar-refractivity contribution is 6.32. The normalized spacial score (nSPS) is 10.1. The Labute approximate surface area is 99.0 Å².